The van der Waals surface area contributed by atoms with E-state index in [-0.39, 0.29) is 19.1 Å². The smallest absolute Gasteiger partial charge is 0.407 e. The van der Waals surface area contributed by atoms with Crippen molar-refractivity contribution in [3.8, 4) is 23.5 Å². The molecule has 0 aromatic heterocycles. The standard InChI is InChI=1S/C22H20N2O5/c1-2-11-23-21(27)19(12-20(25)26)24-22(28)29-13-18-16-9-5-3-7-14(16)15-8-4-6-10-17(15)18/h1,3-10,18-19H,11-13H2,(H,23,27)(H,24,28)(H,25,26)/t19-/m1/s1. The molecular formula is C22H20N2O5. The molecular weight excluding hydrogens is 372 g/mol. The monoisotopic (exact) mass is 392 g/mol. The van der Waals surface area contributed by atoms with Gasteiger partial charge in [-0.25, -0.2) is 4.79 Å². The number of ether oxygens (including phenoxy) is 1. The van der Waals surface area contributed by atoms with Crippen molar-refractivity contribution in [3.63, 3.8) is 0 Å². The number of nitrogens with one attached hydrogen (secondary N) is 2. The number of hydrogen-bond acceptors (Lipinski definition) is 4. The van der Waals surface area contributed by atoms with Gasteiger partial charge in [0.05, 0.1) is 13.0 Å². The molecule has 7 nitrogen and oxygen atoms in total. The molecule has 0 unspecified atom stereocenters. The minimum Gasteiger partial charge on any atom is -0.481 e. The molecule has 148 valence electrons. The van der Waals surface area contributed by atoms with E-state index in [2.05, 4.69) is 16.6 Å². The van der Waals surface area contributed by atoms with Gasteiger partial charge in [0.2, 0.25) is 5.91 Å². The van der Waals surface area contributed by atoms with Gasteiger partial charge in [-0.2, -0.15) is 0 Å². The lowest BCUT2D eigenvalue weighted by Gasteiger charge is -2.18. The molecule has 0 saturated carbocycles. The highest BCUT2D eigenvalue weighted by Crippen LogP contribution is 2.44. The Kier molecular flexibility index (Phi) is 6.15. The Balaban J connectivity index is 1.67. The normalized spacial score (nSPS) is 12.8. The molecule has 0 fully saturated rings. The molecule has 3 N–H and O–H groups in total. The summed E-state index contributed by atoms with van der Waals surface area (Å²) in [6, 6.07) is 14.5. The first-order chi connectivity index (χ1) is 14.0. The molecule has 0 aliphatic heterocycles. The fraction of sp³-hybridized carbons (Fsp3) is 0.227. The van der Waals surface area contributed by atoms with E-state index in [4.69, 9.17) is 16.3 Å². The van der Waals surface area contributed by atoms with Crippen molar-refractivity contribution in [1.29, 1.82) is 0 Å². The highest BCUT2D eigenvalue weighted by Gasteiger charge is 2.30. The fourth-order valence-electron chi connectivity index (χ4n) is 3.43. The van der Waals surface area contributed by atoms with Crippen molar-refractivity contribution >= 4 is 18.0 Å². The predicted molar refractivity (Wildman–Crippen MR) is 106 cm³/mol. The fourth-order valence-corrected chi connectivity index (χ4v) is 3.43. The van der Waals surface area contributed by atoms with Crippen molar-refractivity contribution in [3.05, 3.63) is 59.7 Å². The second kappa shape index (κ2) is 8.93. The summed E-state index contributed by atoms with van der Waals surface area (Å²) in [7, 11) is 0. The first-order valence-electron chi connectivity index (χ1n) is 9.05. The third-order valence-electron chi connectivity index (χ3n) is 4.70. The number of carboxylic acids is 1. The number of terminal acetylenes is 1. The Labute approximate surface area is 168 Å². The molecule has 0 bridgehead atoms. The third-order valence-corrected chi connectivity index (χ3v) is 4.70. The van der Waals surface area contributed by atoms with Gasteiger partial charge >= 0.3 is 12.1 Å². The number of aliphatic carboxylic acids is 1. The summed E-state index contributed by atoms with van der Waals surface area (Å²) < 4.78 is 5.34. The number of carbonyl (C=O) groups excluding carboxylic acids is 2. The van der Waals surface area contributed by atoms with E-state index in [1.165, 1.54) is 0 Å². The second-order valence-electron chi connectivity index (χ2n) is 6.54. The summed E-state index contributed by atoms with van der Waals surface area (Å²) in [6.45, 7) is -0.00700. The Morgan fingerprint density at radius 1 is 1.07 bits per heavy atom. The summed E-state index contributed by atoms with van der Waals surface area (Å²) in [5.41, 5.74) is 4.29. The molecule has 7 heteroatoms. The van der Waals surface area contributed by atoms with Crippen LogP contribution in [0.3, 0.4) is 0 Å². The minimum absolute atomic E-state index is 0.0611. The van der Waals surface area contributed by atoms with Crippen LogP contribution in [-0.2, 0) is 14.3 Å². The zero-order valence-corrected chi connectivity index (χ0v) is 15.6. The summed E-state index contributed by atoms with van der Waals surface area (Å²) in [6.07, 6.45) is 3.63. The lowest BCUT2D eigenvalue weighted by molar-refractivity contribution is -0.139. The number of benzene rings is 2. The van der Waals surface area contributed by atoms with Crippen LogP contribution in [0, 0.1) is 12.3 Å². The van der Waals surface area contributed by atoms with Gasteiger partial charge in [0.1, 0.15) is 12.6 Å². The van der Waals surface area contributed by atoms with Crippen LogP contribution in [0.2, 0.25) is 0 Å². The average Bonchev–Trinajstić information content (AvgIpc) is 3.03. The zero-order valence-electron chi connectivity index (χ0n) is 15.6. The second-order valence-corrected chi connectivity index (χ2v) is 6.54. The molecule has 2 aromatic rings. The highest BCUT2D eigenvalue weighted by atomic mass is 16.5. The van der Waals surface area contributed by atoms with Gasteiger partial charge in [-0.1, -0.05) is 54.5 Å². The Bertz CT molecular complexity index is 934. The summed E-state index contributed by atoms with van der Waals surface area (Å²) in [5, 5.41) is 13.6. The van der Waals surface area contributed by atoms with E-state index in [0.29, 0.717) is 0 Å². The minimum atomic E-state index is -1.28. The van der Waals surface area contributed by atoms with Crippen LogP contribution >= 0.6 is 0 Å². The Morgan fingerprint density at radius 2 is 1.66 bits per heavy atom. The van der Waals surface area contributed by atoms with E-state index in [0.717, 1.165) is 22.3 Å². The molecule has 3 rings (SSSR count). The van der Waals surface area contributed by atoms with Crippen molar-refractivity contribution in [2.24, 2.45) is 0 Å². The van der Waals surface area contributed by atoms with Crippen LogP contribution in [0.1, 0.15) is 23.5 Å². The number of rotatable bonds is 7. The molecule has 1 aliphatic carbocycles. The van der Waals surface area contributed by atoms with Crippen molar-refractivity contribution < 1.29 is 24.2 Å². The SMILES string of the molecule is C#CCNC(=O)[C@@H](CC(=O)O)NC(=O)OCC1c2ccccc2-c2ccccc21. The highest BCUT2D eigenvalue weighted by molar-refractivity contribution is 5.89. The van der Waals surface area contributed by atoms with Crippen LogP contribution in [0.15, 0.2) is 48.5 Å². The molecule has 29 heavy (non-hydrogen) atoms. The molecule has 0 spiro atoms. The molecule has 1 atom stereocenters. The number of alkyl carbamates (subject to hydrolysis) is 1. The number of fused-ring (bicyclic) bond motifs is 3. The summed E-state index contributed by atoms with van der Waals surface area (Å²) in [5.74, 6) is 0.167. The van der Waals surface area contributed by atoms with E-state index in [1.54, 1.807) is 0 Å². The average molecular weight is 392 g/mol. The molecule has 2 aromatic carbocycles. The predicted octanol–water partition coefficient (Wildman–Crippen LogP) is 2.12. The largest absolute Gasteiger partial charge is 0.481 e. The van der Waals surface area contributed by atoms with Gasteiger partial charge in [-0.3, -0.25) is 9.59 Å². The van der Waals surface area contributed by atoms with Gasteiger partial charge in [-0.15, -0.1) is 6.42 Å². The maximum atomic E-state index is 12.2. The molecule has 0 radical (unpaired) electrons. The summed E-state index contributed by atoms with van der Waals surface area (Å²) in [4.78, 5) is 35.3. The van der Waals surface area contributed by atoms with Gasteiger partial charge in [0.25, 0.3) is 0 Å². The first-order valence-corrected chi connectivity index (χ1v) is 9.05. The number of amides is 2. The van der Waals surface area contributed by atoms with Crippen LogP contribution < -0.4 is 10.6 Å². The van der Waals surface area contributed by atoms with Crippen LogP contribution in [0.4, 0.5) is 4.79 Å². The van der Waals surface area contributed by atoms with Crippen LogP contribution in [0.5, 0.6) is 0 Å². The van der Waals surface area contributed by atoms with E-state index in [1.807, 2.05) is 48.5 Å². The number of hydrogen-bond donors (Lipinski definition) is 3. The number of carboxylic acid groups (broad SMARTS) is 1. The maximum Gasteiger partial charge on any atom is 0.407 e. The molecule has 0 saturated heterocycles. The van der Waals surface area contributed by atoms with Crippen molar-refractivity contribution in [2.45, 2.75) is 18.4 Å². The Morgan fingerprint density at radius 3 is 2.21 bits per heavy atom. The first kappa shape index (κ1) is 20.0. The van der Waals surface area contributed by atoms with Gasteiger partial charge in [0, 0.05) is 5.92 Å². The molecule has 0 heterocycles. The lowest BCUT2D eigenvalue weighted by Crippen LogP contribution is -2.48. The van der Waals surface area contributed by atoms with Crippen molar-refractivity contribution in [1.82, 2.24) is 10.6 Å². The van der Waals surface area contributed by atoms with E-state index in [9.17, 15) is 14.4 Å². The van der Waals surface area contributed by atoms with Crippen LogP contribution in [0.25, 0.3) is 11.1 Å². The van der Waals surface area contributed by atoms with Gasteiger partial charge in [0.15, 0.2) is 0 Å². The summed E-state index contributed by atoms with van der Waals surface area (Å²) >= 11 is 0. The maximum absolute atomic E-state index is 12.2. The molecule has 2 amide bonds. The Hall–Kier alpha value is -3.79. The quantitative estimate of drug-likeness (QED) is 0.626. The van der Waals surface area contributed by atoms with Crippen molar-refractivity contribution in [2.75, 3.05) is 13.2 Å². The number of carbonyl (C=O) groups is 3. The van der Waals surface area contributed by atoms with Gasteiger partial charge in [-0.05, 0) is 22.3 Å². The topological polar surface area (TPSA) is 105 Å². The third kappa shape index (κ3) is 4.55. The zero-order chi connectivity index (χ0) is 20.8. The molecule has 1 aliphatic rings. The van der Waals surface area contributed by atoms with Crippen LogP contribution in [-0.4, -0.2) is 42.3 Å². The van der Waals surface area contributed by atoms with Gasteiger partial charge < -0.3 is 20.5 Å². The van der Waals surface area contributed by atoms with E-state index < -0.39 is 30.4 Å². The van der Waals surface area contributed by atoms with E-state index >= 15 is 0 Å². The lowest BCUT2D eigenvalue weighted by atomic mass is 9.98.